The van der Waals surface area contributed by atoms with Crippen molar-refractivity contribution in [2.45, 2.75) is 26.3 Å². The number of para-hydroxylation sites is 1. The van der Waals surface area contributed by atoms with Crippen LogP contribution in [0.5, 0.6) is 0 Å². The third-order valence-corrected chi connectivity index (χ3v) is 6.69. The fraction of sp³-hybridized carbons (Fsp3) is 0.308. The summed E-state index contributed by atoms with van der Waals surface area (Å²) in [5, 5.41) is 6.88. The van der Waals surface area contributed by atoms with Crippen LogP contribution in [0.15, 0.2) is 63.9 Å². The lowest BCUT2D eigenvalue weighted by atomic mass is 9.96. The first kappa shape index (κ1) is 23.7. The molecule has 186 valence electrons. The number of likely N-dealkylation sites (tertiary alicyclic amines) is 1. The number of hydrogen-bond donors (Lipinski definition) is 1. The van der Waals surface area contributed by atoms with Gasteiger partial charge in [0.15, 0.2) is 0 Å². The first-order valence-electron chi connectivity index (χ1n) is 11.9. The Kier molecular flexibility index (Phi) is 6.51. The number of anilines is 1. The predicted molar refractivity (Wildman–Crippen MR) is 132 cm³/mol. The molecule has 0 unspecified atom stereocenters. The molecule has 1 aliphatic heterocycles. The van der Waals surface area contributed by atoms with E-state index in [2.05, 4.69) is 20.4 Å². The number of rotatable bonds is 6. The Balaban J connectivity index is 1.19. The Morgan fingerprint density at radius 3 is 2.50 bits per heavy atom. The molecule has 4 aromatic rings. The summed E-state index contributed by atoms with van der Waals surface area (Å²) < 4.78 is 21.8. The van der Waals surface area contributed by atoms with Gasteiger partial charge in [0.1, 0.15) is 11.5 Å². The molecule has 2 aromatic carbocycles. The summed E-state index contributed by atoms with van der Waals surface area (Å²) in [7, 11) is 1.80. The molecule has 10 heteroatoms. The van der Waals surface area contributed by atoms with Crippen LogP contribution in [0, 0.1) is 18.7 Å². The van der Waals surface area contributed by atoms with E-state index in [0.717, 1.165) is 5.69 Å². The van der Waals surface area contributed by atoms with E-state index in [4.69, 9.17) is 4.52 Å². The van der Waals surface area contributed by atoms with Crippen LogP contribution in [0.4, 0.5) is 10.1 Å². The van der Waals surface area contributed by atoms with Gasteiger partial charge in [0, 0.05) is 18.5 Å². The quantitative estimate of drug-likeness (QED) is 0.444. The van der Waals surface area contributed by atoms with Crippen LogP contribution in [0.2, 0.25) is 0 Å². The normalized spacial score (nSPS) is 14.8. The smallest absolute Gasteiger partial charge is 0.295 e. The van der Waals surface area contributed by atoms with Gasteiger partial charge in [-0.15, -0.1) is 0 Å². The number of carbonyl (C=O) groups excluding carboxylic acids is 1. The second kappa shape index (κ2) is 9.90. The second-order valence-corrected chi connectivity index (χ2v) is 8.99. The summed E-state index contributed by atoms with van der Waals surface area (Å²) in [6, 6.07) is 15.3. The molecule has 1 amide bonds. The van der Waals surface area contributed by atoms with Gasteiger partial charge < -0.3 is 9.84 Å². The first-order chi connectivity index (χ1) is 17.4. The summed E-state index contributed by atoms with van der Waals surface area (Å²) in [4.78, 5) is 32.7. The van der Waals surface area contributed by atoms with Crippen LogP contribution in [-0.2, 0) is 18.4 Å². The minimum Gasteiger partial charge on any atom is -0.338 e. The summed E-state index contributed by atoms with van der Waals surface area (Å²) in [5.74, 6) is 0.232. The zero-order valence-corrected chi connectivity index (χ0v) is 20.1. The summed E-state index contributed by atoms with van der Waals surface area (Å²) in [6.45, 7) is 3.68. The van der Waals surface area contributed by atoms with Crippen molar-refractivity contribution in [1.29, 1.82) is 0 Å². The zero-order chi connectivity index (χ0) is 25.2. The lowest BCUT2D eigenvalue weighted by molar-refractivity contribution is -0.121. The Morgan fingerprint density at radius 1 is 1.11 bits per heavy atom. The second-order valence-electron chi connectivity index (χ2n) is 8.99. The van der Waals surface area contributed by atoms with Crippen molar-refractivity contribution in [2.24, 2.45) is 13.0 Å². The third kappa shape index (κ3) is 4.72. The number of aromatic nitrogens is 4. The molecule has 1 saturated heterocycles. The van der Waals surface area contributed by atoms with Gasteiger partial charge in [-0.1, -0.05) is 23.4 Å². The average molecular weight is 491 g/mol. The molecule has 36 heavy (non-hydrogen) atoms. The molecule has 2 aromatic heterocycles. The third-order valence-electron chi connectivity index (χ3n) is 6.69. The maximum absolute atomic E-state index is 13.1. The number of carbonyl (C=O) groups is 1. The number of nitrogens with one attached hydrogen (secondary N) is 1. The minimum atomic E-state index is -0.321. The highest BCUT2D eigenvalue weighted by molar-refractivity contribution is 5.93. The highest BCUT2D eigenvalue weighted by Gasteiger charge is 2.28. The van der Waals surface area contributed by atoms with Gasteiger partial charge in [-0.25, -0.2) is 9.07 Å². The molecule has 0 spiro atoms. The van der Waals surface area contributed by atoms with Crippen LogP contribution in [0.1, 0.15) is 24.4 Å². The van der Waals surface area contributed by atoms with Crippen molar-refractivity contribution in [1.82, 2.24) is 24.4 Å². The largest absolute Gasteiger partial charge is 0.338 e. The maximum Gasteiger partial charge on any atom is 0.295 e. The SMILES string of the molecule is Cc1c(NC(=O)C2CCN(Cc3nc(-c4ccc(F)cc4)no3)CC2)c(=O)n(-c2ccccc2)n1C. The van der Waals surface area contributed by atoms with Gasteiger partial charge in [-0.3, -0.25) is 19.2 Å². The van der Waals surface area contributed by atoms with E-state index < -0.39 is 0 Å². The number of piperidine rings is 1. The number of benzene rings is 2. The molecule has 1 N–H and O–H groups in total. The molecule has 0 bridgehead atoms. The van der Waals surface area contributed by atoms with Crippen molar-refractivity contribution < 1.29 is 13.7 Å². The van der Waals surface area contributed by atoms with E-state index in [1.165, 1.54) is 12.1 Å². The van der Waals surface area contributed by atoms with Crippen LogP contribution in [0.3, 0.4) is 0 Å². The molecule has 0 saturated carbocycles. The van der Waals surface area contributed by atoms with Crippen LogP contribution in [0.25, 0.3) is 17.1 Å². The van der Waals surface area contributed by atoms with E-state index in [1.54, 1.807) is 28.5 Å². The number of amides is 1. The van der Waals surface area contributed by atoms with Crippen molar-refractivity contribution in [2.75, 3.05) is 18.4 Å². The van der Waals surface area contributed by atoms with Gasteiger partial charge in [0.2, 0.25) is 17.6 Å². The van der Waals surface area contributed by atoms with Crippen LogP contribution >= 0.6 is 0 Å². The highest BCUT2D eigenvalue weighted by atomic mass is 19.1. The summed E-state index contributed by atoms with van der Waals surface area (Å²) >= 11 is 0. The molecule has 5 rings (SSSR count). The van der Waals surface area contributed by atoms with E-state index in [9.17, 15) is 14.0 Å². The molecule has 9 nitrogen and oxygen atoms in total. The fourth-order valence-electron chi connectivity index (χ4n) is 4.52. The van der Waals surface area contributed by atoms with Crippen molar-refractivity contribution in [3.63, 3.8) is 0 Å². The zero-order valence-electron chi connectivity index (χ0n) is 20.1. The minimum absolute atomic E-state index is 0.142. The fourth-order valence-corrected chi connectivity index (χ4v) is 4.52. The molecule has 3 heterocycles. The Labute approximate surface area is 207 Å². The first-order valence-corrected chi connectivity index (χ1v) is 11.9. The molecular weight excluding hydrogens is 463 g/mol. The van der Waals surface area contributed by atoms with Gasteiger partial charge in [-0.05, 0) is 69.3 Å². The number of nitrogens with zero attached hydrogens (tertiary/aromatic N) is 5. The standard InChI is InChI=1S/C26H27FN6O3/c1-17-23(26(35)33(31(17)2)21-6-4-3-5-7-21)29-25(34)19-12-14-32(15-13-19)16-22-28-24(30-36-22)18-8-10-20(27)11-9-18/h3-11,19H,12-16H2,1-2H3,(H,29,34). The van der Waals surface area contributed by atoms with Gasteiger partial charge in [0.25, 0.3) is 5.56 Å². The Hall–Kier alpha value is -4.05. The summed E-state index contributed by atoms with van der Waals surface area (Å²) in [6.07, 6.45) is 1.31. The lowest BCUT2D eigenvalue weighted by Crippen LogP contribution is -2.38. The Morgan fingerprint density at radius 2 is 1.81 bits per heavy atom. The number of halogens is 1. The number of hydrogen-bond acceptors (Lipinski definition) is 6. The van der Waals surface area contributed by atoms with E-state index in [0.29, 0.717) is 61.1 Å². The molecule has 1 fully saturated rings. The lowest BCUT2D eigenvalue weighted by Gasteiger charge is -2.30. The van der Waals surface area contributed by atoms with Crippen LogP contribution in [-0.4, -0.2) is 43.4 Å². The average Bonchev–Trinajstić information content (AvgIpc) is 3.44. The van der Waals surface area contributed by atoms with E-state index >= 15 is 0 Å². The topological polar surface area (TPSA) is 98.2 Å². The van der Waals surface area contributed by atoms with Crippen molar-refractivity contribution in [3.8, 4) is 17.1 Å². The Bertz CT molecular complexity index is 1420. The van der Waals surface area contributed by atoms with Gasteiger partial charge >= 0.3 is 0 Å². The molecular formula is C26H27FN6O3. The van der Waals surface area contributed by atoms with Crippen molar-refractivity contribution >= 4 is 11.6 Å². The monoisotopic (exact) mass is 490 g/mol. The highest BCUT2D eigenvalue weighted by Crippen LogP contribution is 2.23. The van der Waals surface area contributed by atoms with Crippen molar-refractivity contribution in [3.05, 3.63) is 82.4 Å². The van der Waals surface area contributed by atoms with Gasteiger partial charge in [-0.2, -0.15) is 4.98 Å². The van der Waals surface area contributed by atoms with E-state index in [1.807, 2.05) is 37.3 Å². The molecule has 0 radical (unpaired) electrons. The molecule has 0 atom stereocenters. The van der Waals surface area contributed by atoms with Gasteiger partial charge in [0.05, 0.1) is 17.9 Å². The van der Waals surface area contributed by atoms with E-state index in [-0.39, 0.29) is 23.2 Å². The van der Waals surface area contributed by atoms with Crippen LogP contribution < -0.4 is 10.9 Å². The molecule has 1 aliphatic rings. The predicted octanol–water partition coefficient (Wildman–Crippen LogP) is 3.52. The summed E-state index contributed by atoms with van der Waals surface area (Å²) in [5.41, 5.74) is 2.19. The maximum atomic E-state index is 13.1. The molecule has 0 aliphatic carbocycles.